The van der Waals surface area contributed by atoms with Gasteiger partial charge in [0.25, 0.3) is 9.74 Å². The molecule has 48 valence electrons. The van der Waals surface area contributed by atoms with Crippen molar-refractivity contribution in [3.63, 3.8) is 0 Å². The summed E-state index contributed by atoms with van der Waals surface area (Å²) in [5.41, 5.74) is -1.53. The monoisotopic (exact) mass is 158 g/mol. The van der Waals surface area contributed by atoms with E-state index in [1.54, 1.807) is 0 Å². The van der Waals surface area contributed by atoms with E-state index in [1.165, 1.54) is 0 Å². The smallest absolute Gasteiger partial charge is 0.338 e. The summed E-state index contributed by atoms with van der Waals surface area (Å²) in [5, 5.41) is 7.72. The fraction of sp³-hybridized carbons (Fsp3) is 0. The zero-order valence-corrected chi connectivity index (χ0v) is 5.34. The molecule has 0 aliphatic rings. The van der Waals surface area contributed by atoms with Gasteiger partial charge in [-0.2, -0.15) is 8.42 Å². The van der Waals surface area contributed by atoms with Crippen LogP contribution >= 0.6 is 7.78 Å². The van der Waals surface area contributed by atoms with Crippen LogP contribution in [-0.4, -0.2) is 23.8 Å². The van der Waals surface area contributed by atoms with Gasteiger partial charge >= 0.3 is 5.71 Å². The summed E-state index contributed by atoms with van der Waals surface area (Å²) in [7, 11) is -5.75. The Morgan fingerprint density at radius 3 is 1.88 bits per heavy atom. The van der Waals surface area contributed by atoms with Crippen LogP contribution in [0.25, 0.3) is 0 Å². The van der Waals surface area contributed by atoms with Gasteiger partial charge in [-0.05, 0) is 0 Å². The standard InChI is InChI=1S/CH3O5PS/c2-1(3)7-8(4,5)6/h7H,(H,2,3)(H,4,5,6). The lowest BCUT2D eigenvalue weighted by molar-refractivity contribution is 0.222. The summed E-state index contributed by atoms with van der Waals surface area (Å²) in [6.45, 7) is 0. The van der Waals surface area contributed by atoms with Gasteiger partial charge in [0.1, 0.15) is 7.78 Å². The molecule has 0 rings (SSSR count). The molecule has 0 saturated heterocycles. The Kier molecular flexibility index (Phi) is 2.33. The maximum absolute atomic E-state index is 9.63. The minimum absolute atomic E-state index is 1.46. The summed E-state index contributed by atoms with van der Waals surface area (Å²) in [4.78, 5) is 9.49. The lowest BCUT2D eigenvalue weighted by Crippen LogP contribution is -1.91. The first-order valence-electron chi connectivity index (χ1n) is 1.40. The molecule has 1 unspecified atom stereocenters. The average Bonchev–Trinajstić information content (AvgIpc) is 1.21. The molecule has 0 aliphatic heterocycles. The molecule has 0 amide bonds. The van der Waals surface area contributed by atoms with E-state index < -0.39 is 23.2 Å². The van der Waals surface area contributed by atoms with Gasteiger partial charge in [-0.25, -0.2) is 4.79 Å². The van der Waals surface area contributed by atoms with Crippen molar-refractivity contribution < 1.29 is 22.9 Å². The van der Waals surface area contributed by atoms with Crippen molar-refractivity contribution in [2.24, 2.45) is 0 Å². The van der Waals surface area contributed by atoms with Gasteiger partial charge < -0.3 is 5.11 Å². The van der Waals surface area contributed by atoms with Gasteiger partial charge in [0.15, 0.2) is 0 Å². The van der Waals surface area contributed by atoms with Crippen LogP contribution in [0, 0.1) is 0 Å². The second-order valence-corrected chi connectivity index (χ2v) is 4.62. The molecule has 0 aromatic rings. The number of hydrogen-bond donors (Lipinski definition) is 2. The van der Waals surface area contributed by atoms with E-state index in [9.17, 15) is 13.2 Å². The molecule has 0 aromatic carbocycles. The normalized spacial score (nSPS) is 12.6. The van der Waals surface area contributed by atoms with Crippen molar-refractivity contribution >= 4 is 23.2 Å². The number of rotatable bonds is 2. The van der Waals surface area contributed by atoms with Crippen LogP contribution in [0.3, 0.4) is 0 Å². The molecule has 2 N–H and O–H groups in total. The lowest BCUT2D eigenvalue weighted by atomic mass is 11.6. The molecule has 0 aromatic heterocycles. The molecule has 8 heavy (non-hydrogen) atoms. The summed E-state index contributed by atoms with van der Waals surface area (Å²) >= 11 is 0. The minimum atomic E-state index is -4.30. The SMILES string of the molecule is O=C(O)PS(=O)(=O)O. The van der Waals surface area contributed by atoms with Crippen LogP contribution < -0.4 is 0 Å². The molecule has 0 bridgehead atoms. The zero-order chi connectivity index (χ0) is 6.78. The molecule has 1 atom stereocenters. The molecule has 0 aliphatic carbocycles. The quantitative estimate of drug-likeness (QED) is 0.440. The minimum Gasteiger partial charge on any atom is -0.478 e. The summed E-state index contributed by atoms with van der Waals surface area (Å²) < 4.78 is 27.0. The molecule has 5 nitrogen and oxygen atoms in total. The third-order valence-electron chi connectivity index (χ3n) is 0.216. The first kappa shape index (κ1) is 7.81. The average molecular weight is 158 g/mol. The summed E-state index contributed by atoms with van der Waals surface area (Å²) in [6, 6.07) is 0. The third kappa shape index (κ3) is 5.81. The van der Waals surface area contributed by atoms with Crippen molar-refractivity contribution in [1.82, 2.24) is 0 Å². The Balaban J connectivity index is 3.95. The molecule has 7 heteroatoms. The third-order valence-corrected chi connectivity index (χ3v) is 1.95. The second kappa shape index (κ2) is 2.39. The Hall–Kier alpha value is -0.190. The topological polar surface area (TPSA) is 91.7 Å². The lowest BCUT2D eigenvalue weighted by Gasteiger charge is -1.85. The highest BCUT2D eigenvalue weighted by Gasteiger charge is 2.09. The maximum atomic E-state index is 9.63. The fourth-order valence-corrected chi connectivity index (χ4v) is 0.993. The molecule has 0 radical (unpaired) electrons. The van der Waals surface area contributed by atoms with E-state index in [0.717, 1.165) is 0 Å². The van der Waals surface area contributed by atoms with Gasteiger partial charge in [-0.3, -0.25) is 4.55 Å². The Morgan fingerprint density at radius 2 is 1.88 bits per heavy atom. The highest BCUT2D eigenvalue weighted by atomic mass is 32.8. The largest absolute Gasteiger partial charge is 0.478 e. The van der Waals surface area contributed by atoms with Gasteiger partial charge in [-0.15, -0.1) is 0 Å². The number of carbonyl (C=O) groups is 1. The second-order valence-electron chi connectivity index (χ2n) is 0.882. The zero-order valence-electron chi connectivity index (χ0n) is 3.53. The molecule has 0 fully saturated rings. The molecule has 0 heterocycles. The van der Waals surface area contributed by atoms with Crippen molar-refractivity contribution in [1.29, 1.82) is 0 Å². The molecular weight excluding hydrogens is 155 g/mol. The predicted octanol–water partition coefficient (Wildman–Crippen LogP) is 0.146. The van der Waals surface area contributed by atoms with Crippen molar-refractivity contribution in [2.45, 2.75) is 0 Å². The van der Waals surface area contributed by atoms with Gasteiger partial charge in [0.2, 0.25) is 0 Å². The highest BCUT2D eigenvalue weighted by molar-refractivity contribution is 8.45. The van der Waals surface area contributed by atoms with Gasteiger partial charge in [0, 0.05) is 0 Å². The van der Waals surface area contributed by atoms with E-state index in [4.69, 9.17) is 9.66 Å². The Labute approximate surface area is 47.0 Å². The van der Waals surface area contributed by atoms with Crippen LogP contribution in [0.5, 0.6) is 0 Å². The molecule has 0 saturated carbocycles. The summed E-state index contributed by atoms with van der Waals surface area (Å²) in [6.07, 6.45) is 0. The number of hydrogen-bond acceptors (Lipinski definition) is 3. The fourth-order valence-electron chi connectivity index (χ4n) is 0.110. The first-order chi connectivity index (χ1) is 3.42. The van der Waals surface area contributed by atoms with E-state index in [1.807, 2.05) is 0 Å². The van der Waals surface area contributed by atoms with Crippen LogP contribution in [-0.2, 0) is 9.74 Å². The number of carboxylic acid groups (broad SMARTS) is 1. The van der Waals surface area contributed by atoms with E-state index in [-0.39, 0.29) is 0 Å². The van der Waals surface area contributed by atoms with Crippen molar-refractivity contribution in [3.8, 4) is 0 Å². The van der Waals surface area contributed by atoms with Crippen LogP contribution in [0.1, 0.15) is 0 Å². The predicted molar refractivity (Wildman–Crippen MR) is 27.9 cm³/mol. The van der Waals surface area contributed by atoms with Crippen LogP contribution in [0.4, 0.5) is 4.79 Å². The van der Waals surface area contributed by atoms with E-state index in [0.29, 0.717) is 0 Å². The van der Waals surface area contributed by atoms with E-state index >= 15 is 0 Å². The Bertz CT molecular complexity index is 179. The first-order valence-corrected chi connectivity index (χ1v) is 4.56. The van der Waals surface area contributed by atoms with Crippen molar-refractivity contribution in [3.05, 3.63) is 0 Å². The highest BCUT2D eigenvalue weighted by Crippen LogP contribution is 2.17. The van der Waals surface area contributed by atoms with E-state index in [2.05, 4.69) is 0 Å². The van der Waals surface area contributed by atoms with Crippen LogP contribution in [0.2, 0.25) is 0 Å². The Morgan fingerprint density at radius 1 is 1.50 bits per heavy atom. The molecular formula is CH3O5PS. The van der Waals surface area contributed by atoms with Gasteiger partial charge in [-0.1, -0.05) is 0 Å². The maximum Gasteiger partial charge on any atom is 0.338 e. The summed E-state index contributed by atoms with van der Waals surface area (Å²) in [5.74, 6) is 0. The van der Waals surface area contributed by atoms with Crippen molar-refractivity contribution in [2.75, 3.05) is 0 Å². The van der Waals surface area contributed by atoms with Gasteiger partial charge in [0.05, 0.1) is 0 Å². The van der Waals surface area contributed by atoms with Crippen LogP contribution in [0.15, 0.2) is 0 Å². The molecule has 0 spiro atoms.